The summed E-state index contributed by atoms with van der Waals surface area (Å²) in [6.45, 7) is 2.40. The molecule has 5 heteroatoms. The van der Waals surface area contributed by atoms with Crippen molar-refractivity contribution >= 4 is 5.91 Å². The quantitative estimate of drug-likeness (QED) is 0.747. The summed E-state index contributed by atoms with van der Waals surface area (Å²) >= 11 is 0. The molecule has 3 N–H and O–H groups in total. The van der Waals surface area contributed by atoms with Gasteiger partial charge in [0.15, 0.2) is 0 Å². The second kappa shape index (κ2) is 6.50. The van der Waals surface area contributed by atoms with Crippen molar-refractivity contribution < 1.29 is 9.53 Å². The molecule has 0 aromatic carbocycles. The number of carbonyl (C=O) groups excluding carboxylic acids is 1. The van der Waals surface area contributed by atoms with Gasteiger partial charge in [0, 0.05) is 32.3 Å². The predicted octanol–water partition coefficient (Wildman–Crippen LogP) is 0.0932. The number of methoxy groups -OCH3 is 1. The molecule has 1 saturated carbocycles. The fourth-order valence-corrected chi connectivity index (χ4v) is 2.87. The van der Waals surface area contributed by atoms with Gasteiger partial charge < -0.3 is 15.8 Å². The number of amides is 1. The molecule has 2 unspecified atom stereocenters. The van der Waals surface area contributed by atoms with E-state index in [4.69, 9.17) is 10.5 Å². The molecule has 1 aliphatic heterocycles. The number of hydrogen-bond acceptors (Lipinski definition) is 4. The van der Waals surface area contributed by atoms with Gasteiger partial charge >= 0.3 is 0 Å². The first-order valence-electron chi connectivity index (χ1n) is 6.97. The minimum Gasteiger partial charge on any atom is -0.381 e. The molecule has 1 saturated heterocycles. The lowest BCUT2D eigenvalue weighted by molar-refractivity contribution is -0.123. The molecular formula is C13H25N3O2. The van der Waals surface area contributed by atoms with E-state index in [0.717, 1.165) is 45.2 Å². The van der Waals surface area contributed by atoms with Gasteiger partial charge in [-0.05, 0) is 32.1 Å². The van der Waals surface area contributed by atoms with Gasteiger partial charge in [-0.2, -0.15) is 0 Å². The van der Waals surface area contributed by atoms with Gasteiger partial charge in [0.1, 0.15) is 0 Å². The number of nitrogens with zero attached hydrogens (tertiary/aromatic N) is 1. The Morgan fingerprint density at radius 2 is 2.06 bits per heavy atom. The van der Waals surface area contributed by atoms with Crippen molar-refractivity contribution in [2.24, 2.45) is 5.73 Å². The molecular weight excluding hydrogens is 230 g/mol. The third-order valence-electron chi connectivity index (χ3n) is 4.08. The van der Waals surface area contributed by atoms with E-state index in [-0.39, 0.29) is 5.91 Å². The summed E-state index contributed by atoms with van der Waals surface area (Å²) in [5.41, 5.74) is 5.85. The SMILES string of the molecule is COC1CCC(NC(=O)CN2CCC(N)CC2)C1. The molecule has 2 fully saturated rings. The van der Waals surface area contributed by atoms with E-state index in [2.05, 4.69) is 10.2 Å². The van der Waals surface area contributed by atoms with Gasteiger partial charge in [-0.3, -0.25) is 9.69 Å². The molecule has 104 valence electrons. The van der Waals surface area contributed by atoms with Gasteiger partial charge in [-0.15, -0.1) is 0 Å². The molecule has 2 atom stereocenters. The maximum Gasteiger partial charge on any atom is 0.234 e. The smallest absolute Gasteiger partial charge is 0.234 e. The first kappa shape index (κ1) is 13.8. The number of nitrogens with one attached hydrogen (secondary N) is 1. The third-order valence-corrected chi connectivity index (χ3v) is 4.08. The normalized spacial score (nSPS) is 30.6. The first-order valence-corrected chi connectivity index (χ1v) is 6.97. The molecule has 0 radical (unpaired) electrons. The number of piperidine rings is 1. The van der Waals surface area contributed by atoms with Gasteiger partial charge in [0.25, 0.3) is 0 Å². The lowest BCUT2D eigenvalue weighted by atomic mass is 10.1. The van der Waals surface area contributed by atoms with Gasteiger partial charge in [-0.1, -0.05) is 0 Å². The zero-order valence-corrected chi connectivity index (χ0v) is 11.2. The summed E-state index contributed by atoms with van der Waals surface area (Å²) in [5.74, 6) is 0.146. The molecule has 18 heavy (non-hydrogen) atoms. The Labute approximate surface area is 109 Å². The largest absolute Gasteiger partial charge is 0.381 e. The number of hydrogen-bond donors (Lipinski definition) is 2. The Morgan fingerprint density at radius 3 is 2.67 bits per heavy atom. The van der Waals surface area contributed by atoms with Crippen LogP contribution in [0.1, 0.15) is 32.1 Å². The van der Waals surface area contributed by atoms with Crippen molar-refractivity contribution in [3.05, 3.63) is 0 Å². The van der Waals surface area contributed by atoms with E-state index in [9.17, 15) is 4.79 Å². The van der Waals surface area contributed by atoms with Crippen LogP contribution in [0.3, 0.4) is 0 Å². The summed E-state index contributed by atoms with van der Waals surface area (Å²) in [6.07, 6.45) is 5.37. The van der Waals surface area contributed by atoms with E-state index in [1.165, 1.54) is 0 Å². The van der Waals surface area contributed by atoms with Crippen molar-refractivity contribution in [2.75, 3.05) is 26.7 Å². The molecule has 0 aromatic heterocycles. The number of rotatable bonds is 4. The maximum absolute atomic E-state index is 11.9. The highest BCUT2D eigenvalue weighted by Gasteiger charge is 2.26. The predicted molar refractivity (Wildman–Crippen MR) is 70.2 cm³/mol. The van der Waals surface area contributed by atoms with Crippen molar-refractivity contribution in [1.29, 1.82) is 0 Å². The monoisotopic (exact) mass is 255 g/mol. The Morgan fingerprint density at radius 1 is 1.33 bits per heavy atom. The van der Waals surface area contributed by atoms with Crippen LogP contribution >= 0.6 is 0 Å². The van der Waals surface area contributed by atoms with Crippen LogP contribution in [0.15, 0.2) is 0 Å². The first-order chi connectivity index (χ1) is 8.67. The summed E-state index contributed by atoms with van der Waals surface area (Å²) < 4.78 is 5.31. The van der Waals surface area contributed by atoms with Crippen LogP contribution in [0, 0.1) is 0 Å². The van der Waals surface area contributed by atoms with Gasteiger partial charge in [0.05, 0.1) is 12.6 Å². The second-order valence-electron chi connectivity index (χ2n) is 5.55. The Hall–Kier alpha value is -0.650. The van der Waals surface area contributed by atoms with Crippen LogP contribution in [0.5, 0.6) is 0 Å². The Kier molecular flexibility index (Phi) is 4.97. The van der Waals surface area contributed by atoms with E-state index in [0.29, 0.717) is 24.7 Å². The summed E-state index contributed by atoms with van der Waals surface area (Å²) in [7, 11) is 1.74. The molecule has 1 aliphatic carbocycles. The van der Waals surface area contributed by atoms with E-state index in [1.807, 2.05) is 0 Å². The van der Waals surface area contributed by atoms with Gasteiger partial charge in [0.2, 0.25) is 5.91 Å². The van der Waals surface area contributed by atoms with Crippen molar-refractivity contribution in [1.82, 2.24) is 10.2 Å². The molecule has 0 bridgehead atoms. The Bertz CT molecular complexity index is 271. The maximum atomic E-state index is 11.9. The average Bonchev–Trinajstić information content (AvgIpc) is 2.79. The molecule has 1 amide bonds. The van der Waals surface area contributed by atoms with Crippen LogP contribution in [0.2, 0.25) is 0 Å². The fourth-order valence-electron chi connectivity index (χ4n) is 2.87. The zero-order valence-electron chi connectivity index (χ0n) is 11.2. The highest BCUT2D eigenvalue weighted by atomic mass is 16.5. The van der Waals surface area contributed by atoms with Crippen molar-refractivity contribution in [3.63, 3.8) is 0 Å². The van der Waals surface area contributed by atoms with Crippen LogP contribution < -0.4 is 11.1 Å². The summed E-state index contributed by atoms with van der Waals surface area (Å²) in [4.78, 5) is 14.1. The topological polar surface area (TPSA) is 67.6 Å². The lowest BCUT2D eigenvalue weighted by Crippen LogP contribution is -2.46. The molecule has 0 spiro atoms. The highest BCUT2D eigenvalue weighted by molar-refractivity contribution is 5.78. The summed E-state index contributed by atoms with van der Waals surface area (Å²) in [6, 6.07) is 0.621. The second-order valence-corrected chi connectivity index (χ2v) is 5.55. The number of likely N-dealkylation sites (tertiary alicyclic amines) is 1. The number of nitrogens with two attached hydrogens (primary N) is 1. The van der Waals surface area contributed by atoms with Crippen molar-refractivity contribution in [2.45, 2.75) is 50.3 Å². The van der Waals surface area contributed by atoms with Crippen LogP contribution in [0.4, 0.5) is 0 Å². The van der Waals surface area contributed by atoms with Crippen LogP contribution in [-0.2, 0) is 9.53 Å². The number of carbonyl (C=O) groups is 1. The minimum atomic E-state index is 0.146. The van der Waals surface area contributed by atoms with Gasteiger partial charge in [-0.25, -0.2) is 0 Å². The van der Waals surface area contributed by atoms with Crippen LogP contribution in [0.25, 0.3) is 0 Å². The molecule has 5 nitrogen and oxygen atoms in total. The molecule has 2 rings (SSSR count). The standard InChI is InChI=1S/C13H25N3O2/c1-18-12-3-2-11(8-12)15-13(17)9-16-6-4-10(14)5-7-16/h10-12H,2-9,14H2,1H3,(H,15,17). The third kappa shape index (κ3) is 3.93. The van der Waals surface area contributed by atoms with E-state index >= 15 is 0 Å². The summed E-state index contributed by atoms with van der Waals surface area (Å²) in [5, 5.41) is 3.11. The number of ether oxygens (including phenoxy) is 1. The highest BCUT2D eigenvalue weighted by Crippen LogP contribution is 2.21. The molecule has 1 heterocycles. The fraction of sp³-hybridized carbons (Fsp3) is 0.923. The lowest BCUT2D eigenvalue weighted by Gasteiger charge is -2.29. The van der Waals surface area contributed by atoms with E-state index in [1.54, 1.807) is 7.11 Å². The minimum absolute atomic E-state index is 0.146. The average molecular weight is 255 g/mol. The molecule has 2 aliphatic rings. The Balaban J connectivity index is 1.66. The zero-order chi connectivity index (χ0) is 13.0. The van der Waals surface area contributed by atoms with Crippen molar-refractivity contribution in [3.8, 4) is 0 Å². The van der Waals surface area contributed by atoms with Crippen LogP contribution in [-0.4, -0.2) is 55.7 Å². The molecule has 0 aromatic rings. The van der Waals surface area contributed by atoms with E-state index < -0.39 is 0 Å².